The standard InChI is InChI=1S/C22H31N5O2/c1-3-23-22(27-9-8-20(15-27)26-10-12-28-13-11-26)24-14-19-16-29-21(25-19)18-6-4-17(2)5-7-18/h4-7,16,20H,3,8-15H2,1-2H3,(H,23,24). The van der Waals surface area contributed by atoms with Crippen molar-refractivity contribution < 1.29 is 9.15 Å². The molecule has 7 heteroatoms. The first-order chi connectivity index (χ1) is 14.2. The van der Waals surface area contributed by atoms with Crippen LogP contribution in [0.2, 0.25) is 0 Å². The third-order valence-electron chi connectivity index (χ3n) is 5.60. The maximum Gasteiger partial charge on any atom is 0.226 e. The van der Waals surface area contributed by atoms with Crippen LogP contribution in [0.1, 0.15) is 24.6 Å². The molecule has 4 rings (SSSR count). The Hall–Kier alpha value is -2.38. The number of likely N-dealkylation sites (tertiary alicyclic amines) is 1. The highest BCUT2D eigenvalue weighted by Crippen LogP contribution is 2.20. The zero-order valence-corrected chi connectivity index (χ0v) is 17.4. The predicted molar refractivity (Wildman–Crippen MR) is 114 cm³/mol. The predicted octanol–water partition coefficient (Wildman–Crippen LogP) is 2.52. The van der Waals surface area contributed by atoms with Gasteiger partial charge in [-0.3, -0.25) is 4.90 Å². The Labute approximate surface area is 172 Å². The van der Waals surface area contributed by atoms with Gasteiger partial charge >= 0.3 is 0 Å². The van der Waals surface area contributed by atoms with Crippen molar-refractivity contribution in [1.29, 1.82) is 0 Å². The lowest BCUT2D eigenvalue weighted by Gasteiger charge is -2.32. The van der Waals surface area contributed by atoms with E-state index < -0.39 is 0 Å². The van der Waals surface area contributed by atoms with Crippen molar-refractivity contribution in [3.63, 3.8) is 0 Å². The average molecular weight is 398 g/mol. The van der Waals surface area contributed by atoms with E-state index in [1.807, 2.05) is 12.1 Å². The van der Waals surface area contributed by atoms with Gasteiger partial charge < -0.3 is 19.4 Å². The minimum atomic E-state index is 0.510. The van der Waals surface area contributed by atoms with Crippen molar-refractivity contribution in [2.75, 3.05) is 45.9 Å². The molecule has 2 fully saturated rings. The number of aliphatic imine (C=N–C) groups is 1. The maximum absolute atomic E-state index is 5.67. The van der Waals surface area contributed by atoms with Gasteiger partial charge in [0, 0.05) is 44.3 Å². The number of guanidine groups is 1. The molecular weight excluding hydrogens is 366 g/mol. The molecule has 0 bridgehead atoms. The van der Waals surface area contributed by atoms with E-state index in [4.69, 9.17) is 14.1 Å². The summed E-state index contributed by atoms with van der Waals surface area (Å²) in [5.41, 5.74) is 3.06. The van der Waals surface area contributed by atoms with Crippen LogP contribution in [0.15, 0.2) is 39.9 Å². The van der Waals surface area contributed by atoms with E-state index in [2.05, 4.69) is 46.1 Å². The Bertz CT molecular complexity index is 811. The number of hydrogen-bond acceptors (Lipinski definition) is 5. The molecule has 7 nitrogen and oxygen atoms in total. The Morgan fingerprint density at radius 3 is 2.76 bits per heavy atom. The zero-order chi connectivity index (χ0) is 20.1. The Morgan fingerprint density at radius 2 is 2.00 bits per heavy atom. The minimum Gasteiger partial charge on any atom is -0.444 e. The summed E-state index contributed by atoms with van der Waals surface area (Å²) in [6, 6.07) is 8.79. The Morgan fingerprint density at radius 1 is 1.21 bits per heavy atom. The van der Waals surface area contributed by atoms with Crippen LogP contribution in [0.25, 0.3) is 11.5 Å². The van der Waals surface area contributed by atoms with E-state index in [1.54, 1.807) is 6.26 Å². The zero-order valence-electron chi connectivity index (χ0n) is 17.4. The molecule has 0 amide bonds. The lowest BCUT2D eigenvalue weighted by molar-refractivity contribution is 0.0195. The molecule has 29 heavy (non-hydrogen) atoms. The molecule has 1 aromatic heterocycles. The summed E-state index contributed by atoms with van der Waals surface area (Å²) in [4.78, 5) is 14.4. The number of nitrogens with one attached hydrogen (secondary N) is 1. The summed E-state index contributed by atoms with van der Waals surface area (Å²) in [7, 11) is 0. The van der Waals surface area contributed by atoms with Crippen LogP contribution in [0.3, 0.4) is 0 Å². The van der Waals surface area contributed by atoms with Gasteiger partial charge in [0.15, 0.2) is 5.96 Å². The summed E-state index contributed by atoms with van der Waals surface area (Å²) < 4.78 is 11.2. The van der Waals surface area contributed by atoms with Gasteiger partial charge in [-0.25, -0.2) is 9.98 Å². The van der Waals surface area contributed by atoms with Gasteiger partial charge in [-0.05, 0) is 32.4 Å². The molecule has 2 saturated heterocycles. The highest BCUT2D eigenvalue weighted by atomic mass is 16.5. The molecule has 3 heterocycles. The third kappa shape index (κ3) is 4.97. The summed E-state index contributed by atoms with van der Waals surface area (Å²) in [5, 5.41) is 3.44. The molecule has 0 radical (unpaired) electrons. The number of rotatable bonds is 5. The summed E-state index contributed by atoms with van der Waals surface area (Å²) in [6.45, 7) is 11.3. The fourth-order valence-electron chi connectivity index (χ4n) is 3.96. The van der Waals surface area contributed by atoms with Crippen LogP contribution in [0.5, 0.6) is 0 Å². The van der Waals surface area contributed by atoms with Crippen LogP contribution in [-0.4, -0.2) is 72.7 Å². The number of benzene rings is 1. The maximum atomic E-state index is 5.67. The number of aromatic nitrogens is 1. The van der Waals surface area contributed by atoms with Crippen molar-refractivity contribution in [3.05, 3.63) is 41.8 Å². The van der Waals surface area contributed by atoms with E-state index in [0.717, 1.165) is 63.2 Å². The number of morpholine rings is 1. The molecule has 0 aliphatic carbocycles. The Kier molecular flexibility index (Phi) is 6.46. The fraction of sp³-hybridized carbons (Fsp3) is 0.545. The normalized spacial score (nSPS) is 21.0. The first kappa shape index (κ1) is 19.9. The number of ether oxygens (including phenoxy) is 1. The summed E-state index contributed by atoms with van der Waals surface area (Å²) in [6.07, 6.45) is 2.88. The fourth-order valence-corrected chi connectivity index (χ4v) is 3.96. The molecule has 1 N–H and O–H groups in total. The van der Waals surface area contributed by atoms with E-state index in [-0.39, 0.29) is 0 Å². The molecule has 2 aliphatic rings. The molecule has 1 aromatic carbocycles. The highest BCUT2D eigenvalue weighted by molar-refractivity contribution is 5.80. The van der Waals surface area contributed by atoms with Crippen molar-refractivity contribution in [3.8, 4) is 11.5 Å². The van der Waals surface area contributed by atoms with Crippen molar-refractivity contribution in [1.82, 2.24) is 20.1 Å². The highest BCUT2D eigenvalue weighted by Gasteiger charge is 2.30. The molecule has 2 aromatic rings. The molecular formula is C22H31N5O2. The summed E-state index contributed by atoms with van der Waals surface area (Å²) >= 11 is 0. The van der Waals surface area contributed by atoms with Crippen molar-refractivity contribution >= 4 is 5.96 Å². The second-order valence-corrected chi connectivity index (χ2v) is 7.72. The van der Waals surface area contributed by atoms with E-state index >= 15 is 0 Å². The molecule has 0 saturated carbocycles. The molecule has 0 spiro atoms. The van der Waals surface area contributed by atoms with Gasteiger partial charge in [0.2, 0.25) is 5.89 Å². The first-order valence-electron chi connectivity index (χ1n) is 10.6. The first-order valence-corrected chi connectivity index (χ1v) is 10.6. The summed E-state index contributed by atoms with van der Waals surface area (Å²) in [5.74, 6) is 1.61. The van der Waals surface area contributed by atoms with Crippen molar-refractivity contribution in [2.24, 2.45) is 4.99 Å². The minimum absolute atomic E-state index is 0.510. The molecule has 1 atom stereocenters. The van der Waals surface area contributed by atoms with Crippen molar-refractivity contribution in [2.45, 2.75) is 32.9 Å². The second-order valence-electron chi connectivity index (χ2n) is 7.72. The molecule has 2 aliphatic heterocycles. The van der Waals surface area contributed by atoms with Gasteiger partial charge in [-0.1, -0.05) is 17.7 Å². The largest absolute Gasteiger partial charge is 0.444 e. The van der Waals surface area contributed by atoms with E-state index in [9.17, 15) is 0 Å². The quantitative estimate of drug-likeness (QED) is 0.618. The monoisotopic (exact) mass is 397 g/mol. The van der Waals surface area contributed by atoms with E-state index in [1.165, 1.54) is 12.0 Å². The van der Waals surface area contributed by atoms with E-state index in [0.29, 0.717) is 18.5 Å². The SMILES string of the molecule is CCNC(=NCc1coc(-c2ccc(C)cc2)n1)N1CCC(N2CCOCC2)C1. The lowest BCUT2D eigenvalue weighted by Crippen LogP contribution is -2.46. The van der Waals surface area contributed by atoms with Crippen LogP contribution in [0, 0.1) is 6.92 Å². The number of aryl methyl sites for hydroxylation is 1. The van der Waals surface area contributed by atoms with Crippen LogP contribution in [-0.2, 0) is 11.3 Å². The molecule has 156 valence electrons. The topological polar surface area (TPSA) is 66.1 Å². The average Bonchev–Trinajstić information content (AvgIpc) is 3.42. The number of oxazole rings is 1. The van der Waals surface area contributed by atoms with Gasteiger partial charge in [-0.15, -0.1) is 0 Å². The van der Waals surface area contributed by atoms with Gasteiger partial charge in [0.05, 0.1) is 19.8 Å². The lowest BCUT2D eigenvalue weighted by atomic mass is 10.1. The van der Waals surface area contributed by atoms with Crippen LogP contribution in [0.4, 0.5) is 0 Å². The Balaban J connectivity index is 1.39. The molecule has 1 unspecified atom stereocenters. The second kappa shape index (κ2) is 9.41. The van der Waals surface area contributed by atoms with Gasteiger partial charge in [-0.2, -0.15) is 0 Å². The number of nitrogens with zero attached hydrogens (tertiary/aromatic N) is 4. The van der Waals surface area contributed by atoms with Crippen LogP contribution >= 0.6 is 0 Å². The van der Waals surface area contributed by atoms with Gasteiger partial charge in [0.25, 0.3) is 0 Å². The van der Waals surface area contributed by atoms with Crippen LogP contribution < -0.4 is 5.32 Å². The number of hydrogen-bond donors (Lipinski definition) is 1. The van der Waals surface area contributed by atoms with Gasteiger partial charge in [0.1, 0.15) is 12.0 Å². The third-order valence-corrected chi connectivity index (χ3v) is 5.60. The smallest absolute Gasteiger partial charge is 0.226 e.